The van der Waals surface area contributed by atoms with Crippen LogP contribution in [0.1, 0.15) is 24.8 Å². The van der Waals surface area contributed by atoms with Gasteiger partial charge < -0.3 is 26.0 Å². The van der Waals surface area contributed by atoms with Crippen molar-refractivity contribution in [2.45, 2.75) is 26.2 Å². The second-order valence-corrected chi connectivity index (χ2v) is 8.43. The zero-order valence-corrected chi connectivity index (χ0v) is 19.6. The number of anilines is 2. The van der Waals surface area contributed by atoms with Crippen molar-refractivity contribution in [3.63, 3.8) is 0 Å². The molecule has 2 saturated heterocycles. The summed E-state index contributed by atoms with van der Waals surface area (Å²) in [6.07, 6.45) is 1.60. The molecule has 0 unspecified atom stereocenters. The van der Waals surface area contributed by atoms with Crippen LogP contribution in [-0.4, -0.2) is 43.6 Å². The van der Waals surface area contributed by atoms with Gasteiger partial charge in [0.05, 0.1) is 12.7 Å². The summed E-state index contributed by atoms with van der Waals surface area (Å²) in [7, 11) is 1.35. The molecule has 0 aliphatic carbocycles. The van der Waals surface area contributed by atoms with Crippen LogP contribution < -0.4 is 31.0 Å². The minimum Gasteiger partial charge on any atom is -0.494 e. The lowest BCUT2D eigenvalue weighted by molar-refractivity contribution is -0.352. The Hall–Kier alpha value is -4.21. The molecule has 2 aromatic rings. The van der Waals surface area contributed by atoms with E-state index in [0.29, 0.717) is 18.7 Å². The van der Waals surface area contributed by atoms with E-state index in [1.54, 1.807) is 21.9 Å². The summed E-state index contributed by atoms with van der Waals surface area (Å²) in [6, 6.07) is 9.64. The van der Waals surface area contributed by atoms with Gasteiger partial charge in [-0.15, -0.1) is 0 Å². The van der Waals surface area contributed by atoms with Crippen molar-refractivity contribution in [2.75, 3.05) is 30.0 Å². The van der Waals surface area contributed by atoms with Crippen molar-refractivity contribution < 1.29 is 28.5 Å². The van der Waals surface area contributed by atoms with Gasteiger partial charge >= 0.3 is 5.91 Å². The van der Waals surface area contributed by atoms with E-state index >= 15 is 0 Å². The molecule has 2 heterocycles. The van der Waals surface area contributed by atoms with Gasteiger partial charge in [0.1, 0.15) is 5.70 Å². The van der Waals surface area contributed by atoms with Crippen LogP contribution in [0, 0.1) is 12.7 Å². The van der Waals surface area contributed by atoms with Crippen molar-refractivity contribution in [2.24, 2.45) is 11.5 Å². The number of nitrogens with two attached hydrogens (primary N) is 2. The molecule has 2 fully saturated rings. The third kappa shape index (κ3) is 4.59. The van der Waals surface area contributed by atoms with Crippen LogP contribution in [0.5, 0.6) is 5.75 Å². The molecular formula is C25H27FN5O4+. The number of ether oxygens (including phenoxy) is 1. The molecule has 2 aromatic carbocycles. The molecule has 5 N–H and O–H groups in total. The van der Waals surface area contributed by atoms with E-state index in [1.165, 1.54) is 19.2 Å². The van der Waals surface area contributed by atoms with Crippen LogP contribution in [0.4, 0.5) is 21.5 Å². The summed E-state index contributed by atoms with van der Waals surface area (Å²) in [6.45, 7) is 2.79. The Labute approximate surface area is 201 Å². The van der Waals surface area contributed by atoms with Crippen molar-refractivity contribution in [1.82, 2.24) is 0 Å². The first-order valence-electron chi connectivity index (χ1n) is 11.2. The first kappa shape index (κ1) is 23.9. The fraction of sp³-hybridized carbons (Fsp3) is 0.280. The predicted octanol–water partition coefficient (Wildman–Crippen LogP) is 0.558. The minimum absolute atomic E-state index is 0.0373. The number of benzene rings is 2. The number of nitrogens with zero attached hydrogens (tertiary/aromatic N) is 2. The van der Waals surface area contributed by atoms with Gasteiger partial charge in [0, 0.05) is 43.0 Å². The number of hydrogen-bond donors (Lipinski definition) is 3. The van der Waals surface area contributed by atoms with Crippen LogP contribution >= 0.6 is 0 Å². The Morgan fingerprint density at radius 3 is 2.43 bits per heavy atom. The number of halogens is 1. The molecule has 2 aliphatic rings. The van der Waals surface area contributed by atoms with Gasteiger partial charge in [0.15, 0.2) is 11.6 Å². The molecule has 2 aliphatic heterocycles. The Kier molecular flexibility index (Phi) is 6.54. The molecule has 182 valence electrons. The molecule has 0 bridgehead atoms. The van der Waals surface area contributed by atoms with E-state index in [4.69, 9.17) is 16.2 Å². The van der Waals surface area contributed by atoms with Crippen LogP contribution in [-0.2, 0) is 14.4 Å². The smallest absolute Gasteiger partial charge is 0.323 e. The maximum Gasteiger partial charge on any atom is 0.323 e. The SMILES string of the molecule is COc1ccc([NH+]=C2C(=O)N(c3ccc(N4CCCC4=O)cc3C)CCC2=C(N)C(N)=O)cc1F. The van der Waals surface area contributed by atoms with Gasteiger partial charge in [-0.05, 0) is 49.6 Å². The topological polar surface area (TPSA) is 133 Å². The van der Waals surface area contributed by atoms with Crippen LogP contribution in [0.3, 0.4) is 0 Å². The number of nitrogens with one attached hydrogen (secondary N) is 1. The third-order valence-corrected chi connectivity index (χ3v) is 6.21. The number of carbonyl (C=O) groups is 3. The quantitative estimate of drug-likeness (QED) is 0.538. The van der Waals surface area contributed by atoms with E-state index in [2.05, 4.69) is 4.99 Å². The first-order valence-corrected chi connectivity index (χ1v) is 11.2. The molecule has 0 saturated carbocycles. The summed E-state index contributed by atoms with van der Waals surface area (Å²) < 4.78 is 19.2. The van der Waals surface area contributed by atoms with E-state index in [9.17, 15) is 18.8 Å². The van der Waals surface area contributed by atoms with Gasteiger partial charge in [-0.25, -0.2) is 9.38 Å². The molecule has 0 aromatic heterocycles. The third-order valence-electron chi connectivity index (χ3n) is 6.21. The van der Waals surface area contributed by atoms with Gasteiger partial charge in [0.25, 0.3) is 11.6 Å². The lowest BCUT2D eigenvalue weighted by Crippen LogP contribution is -2.72. The Morgan fingerprint density at radius 2 is 1.83 bits per heavy atom. The molecule has 10 heteroatoms. The molecular weight excluding hydrogens is 453 g/mol. The average molecular weight is 481 g/mol. The second kappa shape index (κ2) is 9.57. The zero-order chi connectivity index (χ0) is 25.3. The van der Waals surface area contributed by atoms with E-state index in [-0.39, 0.29) is 47.3 Å². The fourth-order valence-corrected chi connectivity index (χ4v) is 4.41. The fourth-order valence-electron chi connectivity index (χ4n) is 4.41. The van der Waals surface area contributed by atoms with Crippen LogP contribution in [0.25, 0.3) is 0 Å². The van der Waals surface area contributed by atoms with Crippen LogP contribution in [0.15, 0.2) is 47.7 Å². The molecule has 4 rings (SSSR count). The average Bonchev–Trinajstić information content (AvgIpc) is 3.26. The number of rotatable bonds is 5. The maximum absolute atomic E-state index is 14.3. The Balaban J connectivity index is 1.74. The standard InChI is InChI=1S/C25H26FN5O4/c1-14-12-16(30-10-3-4-21(30)32)6-7-19(14)31-11-9-17(22(27)24(28)33)23(25(31)34)29-15-5-8-20(35-2)18(26)13-15/h5-8,12-13H,3-4,9-11,27H2,1-2H3,(H2,28,33)/p+1. The Morgan fingerprint density at radius 1 is 1.06 bits per heavy atom. The van der Waals surface area contributed by atoms with Crippen LogP contribution in [0.2, 0.25) is 0 Å². The normalized spacial score (nSPS) is 18.9. The van der Waals surface area contributed by atoms with E-state index in [1.807, 2.05) is 19.1 Å². The Bertz CT molecular complexity index is 1290. The van der Waals surface area contributed by atoms with Crippen molar-refractivity contribution in [1.29, 1.82) is 0 Å². The number of amides is 3. The summed E-state index contributed by atoms with van der Waals surface area (Å²) >= 11 is 0. The van der Waals surface area contributed by atoms with Crippen molar-refractivity contribution in [3.05, 3.63) is 59.0 Å². The highest BCUT2D eigenvalue weighted by Crippen LogP contribution is 2.31. The summed E-state index contributed by atoms with van der Waals surface area (Å²) in [4.78, 5) is 43.8. The molecule has 0 atom stereocenters. The van der Waals surface area contributed by atoms with Gasteiger partial charge in [-0.2, -0.15) is 0 Å². The van der Waals surface area contributed by atoms with E-state index in [0.717, 1.165) is 17.7 Å². The lowest BCUT2D eigenvalue weighted by Gasteiger charge is -2.29. The number of primary amides is 1. The van der Waals surface area contributed by atoms with Gasteiger partial charge in [-0.3, -0.25) is 14.4 Å². The van der Waals surface area contributed by atoms with E-state index < -0.39 is 17.6 Å². The second-order valence-electron chi connectivity index (χ2n) is 8.43. The van der Waals surface area contributed by atoms with Crippen molar-refractivity contribution in [3.8, 4) is 5.75 Å². The molecule has 0 spiro atoms. The summed E-state index contributed by atoms with van der Waals surface area (Å²) in [5, 5.41) is 0. The first-order chi connectivity index (χ1) is 16.7. The number of carbonyl (C=O) groups excluding carboxylic acids is 3. The molecule has 0 radical (unpaired) electrons. The van der Waals surface area contributed by atoms with Gasteiger partial charge in [-0.1, -0.05) is 0 Å². The molecule has 9 nitrogen and oxygen atoms in total. The van der Waals surface area contributed by atoms with Crippen molar-refractivity contribution >= 4 is 40.5 Å². The lowest BCUT2D eigenvalue weighted by atomic mass is 9.96. The highest BCUT2D eigenvalue weighted by molar-refractivity contribution is 6.48. The van der Waals surface area contributed by atoms with Gasteiger partial charge in [0.2, 0.25) is 11.6 Å². The largest absolute Gasteiger partial charge is 0.494 e. The minimum atomic E-state index is -0.850. The maximum atomic E-state index is 14.3. The number of piperidine rings is 1. The monoisotopic (exact) mass is 480 g/mol. The summed E-state index contributed by atoms with van der Waals surface area (Å²) in [5.74, 6) is -1.78. The predicted molar refractivity (Wildman–Crippen MR) is 129 cm³/mol. The molecule has 3 amide bonds. The highest BCUT2D eigenvalue weighted by atomic mass is 19.1. The zero-order valence-electron chi connectivity index (χ0n) is 19.6. The molecule has 35 heavy (non-hydrogen) atoms. The number of aryl methyl sites for hydroxylation is 1. The highest BCUT2D eigenvalue weighted by Gasteiger charge is 2.37. The number of methoxy groups -OCH3 is 1. The summed E-state index contributed by atoms with van der Waals surface area (Å²) in [5.41, 5.74) is 13.9. The number of hydrogen-bond acceptors (Lipinski definition) is 5.